The topological polar surface area (TPSA) is 189 Å². The van der Waals surface area contributed by atoms with Crippen molar-refractivity contribution in [3.63, 3.8) is 0 Å². The van der Waals surface area contributed by atoms with Gasteiger partial charge in [-0.25, -0.2) is 0 Å². The fourth-order valence-electron chi connectivity index (χ4n) is 7.85. The van der Waals surface area contributed by atoms with Gasteiger partial charge in [0.1, 0.15) is 36.6 Å². The van der Waals surface area contributed by atoms with E-state index in [1.165, 1.54) is 116 Å². The van der Waals surface area contributed by atoms with Crippen LogP contribution in [0.15, 0.2) is 24.3 Å². The number of hydrogen-bond acceptors (Lipinski definition) is 10. The summed E-state index contributed by atoms with van der Waals surface area (Å²) < 4.78 is 11.1. The first-order valence-corrected chi connectivity index (χ1v) is 24.7. The van der Waals surface area contributed by atoms with Gasteiger partial charge in [0.25, 0.3) is 0 Å². The molecule has 0 aromatic rings. The average molecular weight is 856 g/mol. The predicted molar refractivity (Wildman–Crippen MR) is 242 cm³/mol. The maximum Gasteiger partial charge on any atom is 0.249 e. The van der Waals surface area contributed by atoms with Crippen LogP contribution in [0.4, 0.5) is 0 Å². The van der Waals surface area contributed by atoms with E-state index in [0.29, 0.717) is 12.8 Å². The van der Waals surface area contributed by atoms with E-state index in [2.05, 4.69) is 43.5 Å². The SMILES string of the molecule is CCCCCC/C=C\CCCCCCCCC(O)C(=O)NC(COC1OC(CO)C(O)C(O)C1O)C(O)C(O)CCC/C=C/CCCCCCCCCCCCCCCC. The van der Waals surface area contributed by atoms with Crippen LogP contribution in [-0.4, -0.2) is 110 Å². The Hall–Kier alpha value is -1.41. The predicted octanol–water partition coefficient (Wildman–Crippen LogP) is 8.62. The molecule has 0 spiro atoms. The highest BCUT2D eigenvalue weighted by Crippen LogP contribution is 2.23. The second-order valence-electron chi connectivity index (χ2n) is 17.5. The molecule has 8 N–H and O–H groups in total. The van der Waals surface area contributed by atoms with E-state index in [1.54, 1.807) is 0 Å². The van der Waals surface area contributed by atoms with Gasteiger partial charge in [0.15, 0.2) is 6.29 Å². The molecule has 0 bridgehead atoms. The molecule has 1 aliphatic heterocycles. The van der Waals surface area contributed by atoms with Crippen LogP contribution in [0.3, 0.4) is 0 Å². The van der Waals surface area contributed by atoms with Crippen LogP contribution in [0, 0.1) is 0 Å². The third kappa shape index (κ3) is 28.3. The number of carbonyl (C=O) groups is 1. The minimum Gasteiger partial charge on any atom is -0.394 e. The maximum atomic E-state index is 13.1. The van der Waals surface area contributed by atoms with Crippen LogP contribution in [0.25, 0.3) is 0 Å². The van der Waals surface area contributed by atoms with Crippen molar-refractivity contribution in [1.82, 2.24) is 5.32 Å². The highest BCUT2D eigenvalue weighted by atomic mass is 16.7. The summed E-state index contributed by atoms with van der Waals surface area (Å²) in [7, 11) is 0. The Morgan fingerprint density at radius 3 is 1.45 bits per heavy atom. The first-order chi connectivity index (χ1) is 29.2. The number of allylic oxidation sites excluding steroid dienone is 4. The number of aliphatic hydroxyl groups excluding tert-OH is 7. The molecule has 1 amide bonds. The average Bonchev–Trinajstić information content (AvgIpc) is 3.25. The van der Waals surface area contributed by atoms with Crippen molar-refractivity contribution in [2.24, 2.45) is 0 Å². The first-order valence-electron chi connectivity index (χ1n) is 24.7. The van der Waals surface area contributed by atoms with Gasteiger partial charge >= 0.3 is 0 Å². The van der Waals surface area contributed by atoms with Crippen molar-refractivity contribution < 1.29 is 50.0 Å². The quantitative estimate of drug-likeness (QED) is 0.0218. The van der Waals surface area contributed by atoms with Gasteiger partial charge in [0.05, 0.1) is 25.4 Å². The summed E-state index contributed by atoms with van der Waals surface area (Å²) in [5.74, 6) is -0.712. The van der Waals surface area contributed by atoms with E-state index in [9.17, 15) is 40.5 Å². The van der Waals surface area contributed by atoms with E-state index < -0.39 is 74.2 Å². The van der Waals surface area contributed by atoms with Gasteiger partial charge in [-0.2, -0.15) is 0 Å². The summed E-state index contributed by atoms with van der Waals surface area (Å²) >= 11 is 0. The number of aliphatic hydroxyl groups is 7. The number of ether oxygens (including phenoxy) is 2. The third-order valence-electron chi connectivity index (χ3n) is 12.0. The summed E-state index contributed by atoms with van der Waals surface area (Å²) in [4.78, 5) is 13.1. The molecular weight excluding hydrogens is 763 g/mol. The summed E-state index contributed by atoms with van der Waals surface area (Å²) in [6, 6.07) is -1.18. The Balaban J connectivity index is 2.44. The highest BCUT2D eigenvalue weighted by Gasteiger charge is 2.44. The van der Waals surface area contributed by atoms with E-state index in [-0.39, 0.29) is 12.8 Å². The van der Waals surface area contributed by atoms with Gasteiger partial charge in [-0.1, -0.05) is 173 Å². The van der Waals surface area contributed by atoms with Crippen LogP contribution in [0.2, 0.25) is 0 Å². The molecule has 0 aromatic carbocycles. The molecule has 1 saturated heterocycles. The largest absolute Gasteiger partial charge is 0.394 e. The standard InChI is InChI=1S/C49H93NO10/c1-3-5-7-9-11-13-15-17-19-20-21-22-23-25-26-28-30-32-34-36-41(52)44(54)40(39-59-49-47(57)46(56)45(55)43(38-51)60-49)50-48(58)42(53)37-35-33-31-29-27-24-18-16-14-12-10-8-6-4-2/h14,16,28,30,40-47,49,51-57H,3-13,15,17-27,29,31-39H2,1-2H3,(H,50,58)/b16-14-,30-28+. The molecule has 1 aliphatic rings. The molecule has 11 heteroatoms. The number of hydrogen-bond donors (Lipinski definition) is 8. The second-order valence-corrected chi connectivity index (χ2v) is 17.5. The molecule has 1 fully saturated rings. The van der Waals surface area contributed by atoms with Crippen LogP contribution in [-0.2, 0) is 14.3 Å². The zero-order valence-corrected chi connectivity index (χ0v) is 38.2. The number of nitrogens with one attached hydrogen (secondary N) is 1. The van der Waals surface area contributed by atoms with E-state index >= 15 is 0 Å². The number of rotatable bonds is 41. The summed E-state index contributed by atoms with van der Waals surface area (Å²) in [5.41, 5.74) is 0. The number of unbranched alkanes of at least 4 members (excludes halogenated alkanes) is 25. The van der Waals surface area contributed by atoms with Gasteiger partial charge in [0, 0.05) is 0 Å². The van der Waals surface area contributed by atoms with Crippen LogP contribution < -0.4 is 5.32 Å². The Morgan fingerprint density at radius 2 is 0.983 bits per heavy atom. The van der Waals surface area contributed by atoms with Crippen molar-refractivity contribution in [3.05, 3.63) is 24.3 Å². The Labute approximate surface area is 365 Å². The van der Waals surface area contributed by atoms with Crippen molar-refractivity contribution in [2.45, 2.75) is 268 Å². The minimum atomic E-state index is -1.67. The zero-order valence-electron chi connectivity index (χ0n) is 38.2. The number of amides is 1. The molecular formula is C49H93NO10. The first kappa shape index (κ1) is 56.6. The van der Waals surface area contributed by atoms with Crippen LogP contribution in [0.5, 0.6) is 0 Å². The van der Waals surface area contributed by atoms with Crippen LogP contribution >= 0.6 is 0 Å². The van der Waals surface area contributed by atoms with Crippen molar-refractivity contribution >= 4 is 5.91 Å². The molecule has 0 aliphatic carbocycles. The van der Waals surface area contributed by atoms with Crippen LogP contribution in [0.1, 0.15) is 213 Å². The zero-order chi connectivity index (χ0) is 44.1. The molecule has 1 rings (SSSR count). The minimum absolute atomic E-state index is 0.247. The molecule has 60 heavy (non-hydrogen) atoms. The Bertz CT molecular complexity index is 1030. The van der Waals surface area contributed by atoms with Gasteiger partial charge < -0.3 is 50.5 Å². The molecule has 0 saturated carbocycles. The summed E-state index contributed by atoms with van der Waals surface area (Å²) in [6.07, 6.45) is 32.3. The Morgan fingerprint density at radius 1 is 0.567 bits per heavy atom. The molecule has 9 unspecified atom stereocenters. The second kappa shape index (κ2) is 39.2. The lowest BCUT2D eigenvalue weighted by molar-refractivity contribution is -0.303. The van der Waals surface area contributed by atoms with E-state index in [4.69, 9.17) is 9.47 Å². The summed E-state index contributed by atoms with van der Waals surface area (Å²) in [5, 5.41) is 75.7. The summed E-state index contributed by atoms with van der Waals surface area (Å²) in [6.45, 7) is 3.42. The van der Waals surface area contributed by atoms with Gasteiger partial charge in [-0.05, 0) is 64.2 Å². The highest BCUT2D eigenvalue weighted by molar-refractivity contribution is 5.80. The lowest BCUT2D eigenvalue weighted by Gasteiger charge is -2.40. The smallest absolute Gasteiger partial charge is 0.249 e. The normalized spacial score (nSPS) is 21.8. The molecule has 9 atom stereocenters. The maximum absolute atomic E-state index is 13.1. The lowest BCUT2D eigenvalue weighted by Crippen LogP contribution is -2.60. The monoisotopic (exact) mass is 856 g/mol. The molecule has 0 aromatic heterocycles. The third-order valence-corrected chi connectivity index (χ3v) is 12.0. The number of carbonyl (C=O) groups excluding carboxylic acids is 1. The fraction of sp³-hybridized carbons (Fsp3) is 0.898. The van der Waals surface area contributed by atoms with Crippen molar-refractivity contribution in [1.29, 1.82) is 0 Å². The molecule has 1 heterocycles. The van der Waals surface area contributed by atoms with E-state index in [1.807, 2.05) is 0 Å². The van der Waals surface area contributed by atoms with Gasteiger partial charge in [-0.3, -0.25) is 4.79 Å². The van der Waals surface area contributed by atoms with Gasteiger partial charge in [-0.15, -0.1) is 0 Å². The molecule has 11 nitrogen and oxygen atoms in total. The lowest BCUT2D eigenvalue weighted by atomic mass is 9.98. The molecule has 0 radical (unpaired) electrons. The van der Waals surface area contributed by atoms with Gasteiger partial charge in [0.2, 0.25) is 5.91 Å². The molecule has 354 valence electrons. The Kier molecular flexibility index (Phi) is 37.0. The van der Waals surface area contributed by atoms with E-state index in [0.717, 1.165) is 57.8 Å². The fourth-order valence-corrected chi connectivity index (χ4v) is 7.85. The van der Waals surface area contributed by atoms with Crippen molar-refractivity contribution in [2.75, 3.05) is 13.2 Å². The van der Waals surface area contributed by atoms with Crippen molar-refractivity contribution in [3.8, 4) is 0 Å².